The van der Waals surface area contributed by atoms with Crippen molar-refractivity contribution in [2.75, 3.05) is 6.67 Å². The molecule has 12 heavy (non-hydrogen) atoms. The molecule has 1 rings (SSSR count). The lowest BCUT2D eigenvalue weighted by Gasteiger charge is -2.08. The van der Waals surface area contributed by atoms with E-state index in [4.69, 9.17) is 5.73 Å². The number of halogens is 2. The van der Waals surface area contributed by atoms with Crippen molar-refractivity contribution in [3.05, 3.63) is 29.8 Å². The molecule has 0 spiro atoms. The first kappa shape index (κ1) is 9.06. The molecule has 1 heterocycles. The quantitative estimate of drug-likeness (QED) is 0.703. The predicted molar refractivity (Wildman–Crippen MR) is 41.7 cm³/mol. The molecule has 0 fully saturated rings. The van der Waals surface area contributed by atoms with Gasteiger partial charge in [0.25, 0.3) is 0 Å². The normalized spacial score (nSPS) is 12.9. The van der Waals surface area contributed by atoms with Crippen molar-refractivity contribution in [1.82, 2.24) is 4.98 Å². The van der Waals surface area contributed by atoms with Crippen LogP contribution in [0.1, 0.15) is 18.0 Å². The second-order valence-corrected chi connectivity index (χ2v) is 2.47. The predicted octanol–water partition coefficient (Wildman–Crippen LogP) is 1.58. The third-order valence-corrected chi connectivity index (χ3v) is 1.61. The zero-order chi connectivity index (χ0) is 8.97. The highest BCUT2D eigenvalue weighted by Crippen LogP contribution is 2.15. The van der Waals surface area contributed by atoms with Crippen molar-refractivity contribution in [1.29, 1.82) is 0 Å². The third-order valence-electron chi connectivity index (χ3n) is 1.61. The van der Waals surface area contributed by atoms with Crippen LogP contribution in [0.4, 0.5) is 8.78 Å². The zero-order valence-electron chi connectivity index (χ0n) is 6.50. The van der Waals surface area contributed by atoms with Crippen molar-refractivity contribution in [3.63, 3.8) is 0 Å². The maximum atomic E-state index is 12.8. The molecule has 2 nitrogen and oxygen atoms in total. The Morgan fingerprint density at radius 2 is 2.33 bits per heavy atom. The molecule has 1 aromatic heterocycles. The molecule has 66 valence electrons. The Balaban J connectivity index is 2.79. The Hall–Kier alpha value is -1.03. The summed E-state index contributed by atoms with van der Waals surface area (Å²) in [7, 11) is 0. The topological polar surface area (TPSA) is 38.9 Å². The fraction of sp³-hybridized carbons (Fsp3) is 0.375. The van der Waals surface area contributed by atoms with Gasteiger partial charge in [-0.25, -0.2) is 4.98 Å². The SMILES string of the molecule is N[C@@H](CCF)c1cccnc1F. The summed E-state index contributed by atoms with van der Waals surface area (Å²) < 4.78 is 24.7. The van der Waals surface area contributed by atoms with Gasteiger partial charge >= 0.3 is 0 Å². The van der Waals surface area contributed by atoms with Crippen LogP contribution < -0.4 is 5.73 Å². The maximum Gasteiger partial charge on any atom is 0.217 e. The van der Waals surface area contributed by atoms with Gasteiger partial charge in [-0.3, -0.25) is 4.39 Å². The lowest BCUT2D eigenvalue weighted by molar-refractivity contribution is 0.432. The third kappa shape index (κ3) is 1.98. The van der Waals surface area contributed by atoms with Crippen LogP contribution in [0.25, 0.3) is 0 Å². The van der Waals surface area contributed by atoms with Gasteiger partial charge in [-0.15, -0.1) is 0 Å². The molecular formula is C8H10F2N2. The summed E-state index contributed by atoms with van der Waals surface area (Å²) in [6.45, 7) is -0.546. The highest BCUT2D eigenvalue weighted by Gasteiger charge is 2.10. The lowest BCUT2D eigenvalue weighted by atomic mass is 10.1. The number of rotatable bonds is 3. The smallest absolute Gasteiger partial charge is 0.217 e. The second-order valence-electron chi connectivity index (χ2n) is 2.47. The summed E-state index contributed by atoms with van der Waals surface area (Å²) in [5, 5.41) is 0. The number of nitrogens with two attached hydrogens (primary N) is 1. The van der Waals surface area contributed by atoms with Gasteiger partial charge in [-0.2, -0.15) is 4.39 Å². The van der Waals surface area contributed by atoms with Gasteiger partial charge in [0.2, 0.25) is 5.95 Å². The van der Waals surface area contributed by atoms with E-state index in [0.29, 0.717) is 0 Å². The van der Waals surface area contributed by atoms with E-state index in [2.05, 4.69) is 4.98 Å². The molecule has 0 saturated carbocycles. The van der Waals surface area contributed by atoms with Crippen molar-refractivity contribution < 1.29 is 8.78 Å². The minimum atomic E-state index is -0.613. The molecule has 1 atom stereocenters. The van der Waals surface area contributed by atoms with E-state index in [0.717, 1.165) is 0 Å². The Morgan fingerprint density at radius 1 is 1.58 bits per heavy atom. The Bertz CT molecular complexity index is 253. The number of hydrogen-bond acceptors (Lipinski definition) is 2. The molecule has 0 unspecified atom stereocenters. The highest BCUT2D eigenvalue weighted by molar-refractivity contribution is 5.14. The van der Waals surface area contributed by atoms with Crippen molar-refractivity contribution >= 4 is 0 Å². The fourth-order valence-corrected chi connectivity index (χ4v) is 0.948. The molecule has 0 saturated heterocycles. The average molecular weight is 172 g/mol. The lowest BCUT2D eigenvalue weighted by Crippen LogP contribution is -2.13. The molecule has 0 aromatic carbocycles. The van der Waals surface area contributed by atoms with E-state index in [-0.39, 0.29) is 12.0 Å². The number of pyridine rings is 1. The van der Waals surface area contributed by atoms with Crippen LogP contribution in [-0.4, -0.2) is 11.7 Å². The first-order chi connectivity index (χ1) is 5.75. The highest BCUT2D eigenvalue weighted by atomic mass is 19.1. The van der Waals surface area contributed by atoms with Gasteiger partial charge in [0, 0.05) is 17.8 Å². The molecule has 0 aliphatic carbocycles. The minimum absolute atomic E-state index is 0.128. The summed E-state index contributed by atoms with van der Waals surface area (Å²) in [5.74, 6) is -0.613. The molecule has 1 aromatic rings. The van der Waals surface area contributed by atoms with Crippen LogP contribution in [-0.2, 0) is 0 Å². The van der Waals surface area contributed by atoms with Gasteiger partial charge in [0.1, 0.15) is 0 Å². The molecule has 0 bridgehead atoms. The fourth-order valence-electron chi connectivity index (χ4n) is 0.948. The molecule has 2 N–H and O–H groups in total. The van der Waals surface area contributed by atoms with Gasteiger partial charge in [0.05, 0.1) is 6.67 Å². The number of aromatic nitrogens is 1. The minimum Gasteiger partial charge on any atom is -0.324 e. The van der Waals surface area contributed by atoms with E-state index >= 15 is 0 Å². The Labute approximate surface area is 69.4 Å². The van der Waals surface area contributed by atoms with Crippen molar-refractivity contribution in [2.45, 2.75) is 12.5 Å². The summed E-state index contributed by atoms with van der Waals surface area (Å²) >= 11 is 0. The molecule has 0 aliphatic rings. The average Bonchev–Trinajstić information content (AvgIpc) is 2.05. The Kier molecular flexibility index (Phi) is 3.10. The Morgan fingerprint density at radius 3 is 2.92 bits per heavy atom. The van der Waals surface area contributed by atoms with Crippen LogP contribution in [0, 0.1) is 5.95 Å². The molecule has 0 amide bonds. The summed E-state index contributed by atoms with van der Waals surface area (Å²) in [6.07, 6.45) is 1.46. The largest absolute Gasteiger partial charge is 0.324 e. The monoisotopic (exact) mass is 172 g/mol. The van der Waals surface area contributed by atoms with Crippen LogP contribution in [0.15, 0.2) is 18.3 Å². The van der Waals surface area contributed by atoms with E-state index in [1.54, 1.807) is 6.07 Å². The number of alkyl halides is 1. The van der Waals surface area contributed by atoms with Gasteiger partial charge in [0.15, 0.2) is 0 Å². The van der Waals surface area contributed by atoms with E-state index in [1.807, 2.05) is 0 Å². The van der Waals surface area contributed by atoms with Crippen LogP contribution in [0.5, 0.6) is 0 Å². The molecule has 4 heteroatoms. The van der Waals surface area contributed by atoms with Gasteiger partial charge in [-0.1, -0.05) is 6.07 Å². The second kappa shape index (κ2) is 4.11. The summed E-state index contributed by atoms with van der Waals surface area (Å²) in [5.41, 5.74) is 5.76. The summed E-state index contributed by atoms with van der Waals surface area (Å²) in [6, 6.07) is 2.50. The van der Waals surface area contributed by atoms with Gasteiger partial charge < -0.3 is 5.73 Å². The van der Waals surface area contributed by atoms with E-state index in [9.17, 15) is 8.78 Å². The number of hydrogen-bond donors (Lipinski definition) is 1. The summed E-state index contributed by atoms with van der Waals surface area (Å²) in [4.78, 5) is 3.41. The molecular weight excluding hydrogens is 162 g/mol. The first-order valence-corrected chi connectivity index (χ1v) is 3.67. The zero-order valence-corrected chi connectivity index (χ0v) is 6.50. The van der Waals surface area contributed by atoms with E-state index < -0.39 is 18.7 Å². The van der Waals surface area contributed by atoms with Crippen LogP contribution >= 0.6 is 0 Å². The maximum absolute atomic E-state index is 12.8. The molecule has 0 aliphatic heterocycles. The first-order valence-electron chi connectivity index (χ1n) is 3.67. The van der Waals surface area contributed by atoms with Gasteiger partial charge in [-0.05, 0) is 12.5 Å². The van der Waals surface area contributed by atoms with E-state index in [1.165, 1.54) is 12.3 Å². The van der Waals surface area contributed by atoms with Crippen molar-refractivity contribution in [3.8, 4) is 0 Å². The number of nitrogens with zero attached hydrogens (tertiary/aromatic N) is 1. The molecule has 0 radical (unpaired) electrons. The van der Waals surface area contributed by atoms with Crippen LogP contribution in [0.3, 0.4) is 0 Å². The standard InChI is InChI=1S/C8H10F2N2/c9-4-3-7(11)6-2-1-5-12-8(6)10/h1-2,5,7H,3-4,11H2/t7-/m0/s1. The van der Waals surface area contributed by atoms with Crippen LogP contribution in [0.2, 0.25) is 0 Å². The van der Waals surface area contributed by atoms with Crippen molar-refractivity contribution in [2.24, 2.45) is 5.73 Å².